The van der Waals surface area contributed by atoms with Crippen LogP contribution in [0.1, 0.15) is 89.6 Å². The molecule has 0 spiro atoms. The molecule has 0 amide bonds. The second-order valence-electron chi connectivity index (χ2n) is 23.3. The van der Waals surface area contributed by atoms with Crippen molar-refractivity contribution in [3.05, 3.63) is 234 Å². The summed E-state index contributed by atoms with van der Waals surface area (Å²) in [5.41, 5.74) is 24.8. The molecule has 13 rings (SSSR count). The molecule has 0 radical (unpaired) electrons. The van der Waals surface area contributed by atoms with Crippen molar-refractivity contribution in [2.45, 2.75) is 90.0 Å². The molecule has 352 valence electrons. The molecule has 4 heteroatoms. The van der Waals surface area contributed by atoms with Crippen molar-refractivity contribution < 1.29 is 0 Å². The summed E-state index contributed by atoms with van der Waals surface area (Å²) in [7, 11) is 0. The molecule has 1 aliphatic carbocycles. The second-order valence-corrected chi connectivity index (χ2v) is 23.3. The lowest BCUT2D eigenvalue weighted by Crippen LogP contribution is -2.61. The van der Waals surface area contributed by atoms with Crippen LogP contribution in [0.4, 0.5) is 45.5 Å². The van der Waals surface area contributed by atoms with Crippen LogP contribution in [0.3, 0.4) is 0 Å². The van der Waals surface area contributed by atoms with E-state index < -0.39 is 0 Å². The summed E-state index contributed by atoms with van der Waals surface area (Å²) < 4.78 is 0. The number of para-hydroxylation sites is 1. The first-order chi connectivity index (χ1) is 34.7. The summed E-state index contributed by atoms with van der Waals surface area (Å²) >= 11 is 0. The maximum Gasteiger partial charge on any atom is 0.252 e. The van der Waals surface area contributed by atoms with Gasteiger partial charge in [-0.15, -0.1) is 0 Å². The van der Waals surface area contributed by atoms with Crippen LogP contribution in [0.25, 0.3) is 22.3 Å². The van der Waals surface area contributed by atoms with Gasteiger partial charge in [-0.3, -0.25) is 0 Å². The van der Waals surface area contributed by atoms with Crippen LogP contribution in [-0.4, -0.2) is 6.71 Å². The van der Waals surface area contributed by atoms with Gasteiger partial charge in [0.25, 0.3) is 6.71 Å². The number of hydrogen-bond donors (Lipinski definition) is 0. The van der Waals surface area contributed by atoms with E-state index in [1.165, 1.54) is 106 Å². The minimum atomic E-state index is -0.381. The first-order valence-electron chi connectivity index (χ1n) is 26.1. The summed E-state index contributed by atoms with van der Waals surface area (Å²) in [5.74, 6) is 0. The highest BCUT2D eigenvalue weighted by atomic mass is 15.3. The molecule has 2 unspecified atom stereocenters. The Morgan fingerprint density at radius 2 is 0.986 bits per heavy atom. The van der Waals surface area contributed by atoms with Gasteiger partial charge in [0.2, 0.25) is 0 Å². The summed E-state index contributed by atoms with van der Waals surface area (Å²) in [6, 6.07) is 78.7. The largest absolute Gasteiger partial charge is 0.330 e. The molecule has 3 nitrogen and oxygen atoms in total. The molecule has 72 heavy (non-hydrogen) atoms. The maximum absolute atomic E-state index is 2.75. The Morgan fingerprint density at radius 3 is 1.68 bits per heavy atom. The molecule has 9 aromatic rings. The number of hydrogen-bond acceptors (Lipinski definition) is 3. The Balaban J connectivity index is 1.16. The Morgan fingerprint density at radius 1 is 0.403 bits per heavy atom. The molecule has 4 aliphatic rings. The summed E-state index contributed by atoms with van der Waals surface area (Å²) in [4.78, 5) is 7.98. The first-order valence-corrected chi connectivity index (χ1v) is 26.1. The molecule has 0 saturated carbocycles. The van der Waals surface area contributed by atoms with Crippen molar-refractivity contribution in [2.24, 2.45) is 0 Å². The van der Waals surface area contributed by atoms with E-state index in [1.54, 1.807) is 0 Å². The van der Waals surface area contributed by atoms with Crippen LogP contribution in [0, 0.1) is 0 Å². The van der Waals surface area contributed by atoms with Crippen molar-refractivity contribution in [1.82, 2.24) is 0 Å². The van der Waals surface area contributed by atoms with Gasteiger partial charge in [0.15, 0.2) is 0 Å². The highest BCUT2D eigenvalue weighted by Gasteiger charge is 2.60. The van der Waals surface area contributed by atoms with Crippen LogP contribution in [0.5, 0.6) is 0 Å². The zero-order valence-corrected chi connectivity index (χ0v) is 43.0. The van der Waals surface area contributed by atoms with Gasteiger partial charge in [-0.1, -0.05) is 200 Å². The van der Waals surface area contributed by atoms with E-state index in [9.17, 15) is 0 Å². The second kappa shape index (κ2) is 16.0. The molecule has 0 bridgehead atoms. The summed E-state index contributed by atoms with van der Waals surface area (Å²) in [6.07, 6.45) is 2.13. The van der Waals surface area contributed by atoms with Gasteiger partial charge in [0, 0.05) is 50.9 Å². The number of aryl methyl sites for hydroxylation is 1. The Bertz CT molecular complexity index is 3600. The number of anilines is 8. The molecule has 0 fully saturated rings. The average molecular weight is 932 g/mol. The third-order valence-corrected chi connectivity index (χ3v) is 17.2. The number of fused-ring (bicyclic) bond motifs is 9. The molecule has 0 N–H and O–H groups in total. The predicted molar refractivity (Wildman–Crippen MR) is 307 cm³/mol. The monoisotopic (exact) mass is 932 g/mol. The van der Waals surface area contributed by atoms with E-state index >= 15 is 0 Å². The molecule has 9 aromatic carbocycles. The third kappa shape index (κ3) is 6.57. The zero-order chi connectivity index (χ0) is 49.3. The molecule has 3 heterocycles. The molecular weight excluding hydrogens is 870 g/mol. The third-order valence-electron chi connectivity index (χ3n) is 17.2. The molecular formula is C68H62BN3. The van der Waals surface area contributed by atoms with E-state index in [-0.39, 0.29) is 28.5 Å². The average Bonchev–Trinajstić information content (AvgIpc) is 3.61. The summed E-state index contributed by atoms with van der Waals surface area (Å²) in [6.45, 7) is 19.1. The van der Waals surface area contributed by atoms with Crippen LogP contribution < -0.4 is 31.1 Å². The van der Waals surface area contributed by atoms with E-state index in [1.807, 2.05) is 0 Å². The van der Waals surface area contributed by atoms with Crippen LogP contribution in [0.2, 0.25) is 0 Å². The van der Waals surface area contributed by atoms with Crippen LogP contribution >= 0.6 is 0 Å². The predicted octanol–water partition coefficient (Wildman–Crippen LogP) is 16.0. The van der Waals surface area contributed by atoms with Crippen molar-refractivity contribution in [3.8, 4) is 22.3 Å². The standard InChI is InChI=1S/C68H62BN3/c1-65(2,3)50-25-19-26-53(41-50)71-61-42-51(66(4,5)6)33-36-57(61)69-58-40-49(46-22-13-10-14-23-46)32-37-60(58)70(52-34-30-47(31-35-52)45-20-11-9-12-21-45)62-43-54(44-63(71)64(62)69)72-59-29-18-17-28-56(59)67(7)39-38-48-24-15-16-27-55(48)68(67,72)8/h9-37,40-44H,38-39H2,1-8H3. The van der Waals surface area contributed by atoms with E-state index in [0.29, 0.717) is 0 Å². The number of rotatable bonds is 5. The highest BCUT2D eigenvalue weighted by Crippen LogP contribution is 2.64. The molecule has 3 aliphatic heterocycles. The van der Waals surface area contributed by atoms with Gasteiger partial charge in [-0.05, 0) is 152 Å². The van der Waals surface area contributed by atoms with Crippen molar-refractivity contribution in [1.29, 1.82) is 0 Å². The van der Waals surface area contributed by atoms with E-state index in [2.05, 4.69) is 276 Å². The van der Waals surface area contributed by atoms with Crippen molar-refractivity contribution >= 4 is 68.6 Å². The zero-order valence-electron chi connectivity index (χ0n) is 43.0. The lowest BCUT2D eigenvalue weighted by Gasteiger charge is -2.52. The summed E-state index contributed by atoms with van der Waals surface area (Å²) in [5, 5.41) is 0. The van der Waals surface area contributed by atoms with Crippen LogP contribution in [0.15, 0.2) is 206 Å². The lowest BCUT2D eigenvalue weighted by molar-refractivity contribution is 0.245. The van der Waals surface area contributed by atoms with Gasteiger partial charge in [0.05, 0.1) is 5.54 Å². The molecule has 0 aromatic heterocycles. The number of benzene rings is 9. The smallest absolute Gasteiger partial charge is 0.252 e. The minimum Gasteiger partial charge on any atom is -0.330 e. The Hall–Kier alpha value is -7.56. The van der Waals surface area contributed by atoms with Gasteiger partial charge >= 0.3 is 0 Å². The van der Waals surface area contributed by atoms with Crippen molar-refractivity contribution in [2.75, 3.05) is 14.7 Å². The lowest BCUT2D eigenvalue weighted by atomic mass is 9.33. The number of nitrogens with zero attached hydrogens (tertiary/aromatic N) is 3. The Labute approximate surface area is 427 Å². The van der Waals surface area contributed by atoms with Gasteiger partial charge in [-0.25, -0.2) is 0 Å². The fourth-order valence-corrected chi connectivity index (χ4v) is 13.2. The highest BCUT2D eigenvalue weighted by molar-refractivity contribution is 7.00. The van der Waals surface area contributed by atoms with Gasteiger partial charge in [0.1, 0.15) is 0 Å². The van der Waals surface area contributed by atoms with Crippen molar-refractivity contribution in [3.63, 3.8) is 0 Å². The minimum absolute atomic E-state index is 0.0456. The normalized spacial score (nSPS) is 18.4. The Kier molecular flexibility index (Phi) is 9.85. The maximum atomic E-state index is 2.75. The van der Waals surface area contributed by atoms with Gasteiger partial charge < -0.3 is 14.7 Å². The fraction of sp³-hybridized carbons (Fsp3) is 0.206. The topological polar surface area (TPSA) is 9.72 Å². The van der Waals surface area contributed by atoms with E-state index in [4.69, 9.17) is 0 Å². The van der Waals surface area contributed by atoms with Crippen LogP contribution in [-0.2, 0) is 28.2 Å². The van der Waals surface area contributed by atoms with Gasteiger partial charge in [-0.2, -0.15) is 0 Å². The molecule has 0 saturated heterocycles. The molecule has 2 atom stereocenters. The van der Waals surface area contributed by atoms with E-state index in [0.717, 1.165) is 18.5 Å². The SMILES string of the molecule is CC(C)(C)c1cccc(N2c3cc(C(C)(C)C)ccc3B3c4cc(-c5ccccc5)ccc4N(c4ccc(-c5ccccc5)cc4)c4cc(N5c6ccccc6C6(C)CCc7ccccc7C56C)cc2c43)c1. The fourth-order valence-electron chi connectivity index (χ4n) is 13.2. The first kappa shape index (κ1) is 44.4. The quantitative estimate of drug-likeness (QED) is 0.159.